The Morgan fingerprint density at radius 3 is 2.77 bits per heavy atom. The molecule has 0 saturated carbocycles. The molecule has 0 aliphatic rings. The van der Waals surface area contributed by atoms with Crippen molar-refractivity contribution >= 4 is 11.9 Å². The molecule has 1 heterocycles. The topological polar surface area (TPSA) is 105 Å². The van der Waals surface area contributed by atoms with Gasteiger partial charge in [-0.05, 0) is 31.5 Å². The lowest BCUT2D eigenvalue weighted by molar-refractivity contribution is 0.0695. The van der Waals surface area contributed by atoms with Crippen molar-refractivity contribution in [3.8, 4) is 0 Å². The van der Waals surface area contributed by atoms with Crippen molar-refractivity contribution in [3.63, 3.8) is 0 Å². The molecule has 1 amide bonds. The van der Waals surface area contributed by atoms with Crippen molar-refractivity contribution in [3.05, 3.63) is 46.9 Å². The average Bonchev–Trinajstić information content (AvgIpc) is 2.88. The molecule has 1 aromatic heterocycles. The van der Waals surface area contributed by atoms with Crippen LogP contribution in [-0.2, 0) is 6.42 Å². The highest BCUT2D eigenvalue weighted by Crippen LogP contribution is 2.10. The molecule has 1 aromatic carbocycles. The lowest BCUT2D eigenvalue weighted by atomic mass is 10.1. The number of carbonyl (C=O) groups excluding carboxylic acids is 1. The van der Waals surface area contributed by atoms with Crippen LogP contribution in [0, 0.1) is 12.7 Å². The van der Waals surface area contributed by atoms with Crippen LogP contribution in [0.15, 0.2) is 22.7 Å². The Bertz CT molecular complexity index is 699. The third kappa shape index (κ3) is 3.87. The lowest BCUT2D eigenvalue weighted by Crippen LogP contribution is -2.25. The molecular weight excluding hydrogens is 293 g/mol. The summed E-state index contributed by atoms with van der Waals surface area (Å²) in [5.74, 6) is -1.70. The number of aromatic carboxylic acids is 1. The number of halogens is 1. The Balaban J connectivity index is 1.85. The first-order valence-corrected chi connectivity index (χ1v) is 6.57. The van der Waals surface area contributed by atoms with E-state index >= 15 is 0 Å². The maximum atomic E-state index is 13.7. The van der Waals surface area contributed by atoms with E-state index in [1.54, 1.807) is 6.92 Å². The Kier molecular flexibility index (Phi) is 4.82. The van der Waals surface area contributed by atoms with E-state index in [4.69, 9.17) is 9.63 Å². The quantitative estimate of drug-likeness (QED) is 0.785. The molecule has 2 rings (SSSR count). The van der Waals surface area contributed by atoms with Crippen LogP contribution in [0.25, 0.3) is 0 Å². The van der Waals surface area contributed by atoms with Crippen LogP contribution >= 0.6 is 0 Å². The smallest absolute Gasteiger partial charge is 0.335 e. The van der Waals surface area contributed by atoms with Gasteiger partial charge in [0.1, 0.15) is 5.82 Å². The fourth-order valence-corrected chi connectivity index (χ4v) is 1.81. The summed E-state index contributed by atoms with van der Waals surface area (Å²) in [7, 11) is 0. The van der Waals surface area contributed by atoms with Gasteiger partial charge in [0.15, 0.2) is 5.82 Å². The van der Waals surface area contributed by atoms with Crippen molar-refractivity contribution < 1.29 is 23.6 Å². The number of nitrogens with zero attached hydrogens (tertiary/aromatic N) is 2. The van der Waals surface area contributed by atoms with E-state index in [9.17, 15) is 14.0 Å². The van der Waals surface area contributed by atoms with E-state index < -0.39 is 17.7 Å². The zero-order chi connectivity index (χ0) is 16.1. The first-order chi connectivity index (χ1) is 10.5. The van der Waals surface area contributed by atoms with E-state index in [1.165, 1.54) is 6.07 Å². The fraction of sp³-hybridized carbons (Fsp3) is 0.286. The number of hydrogen-bond acceptors (Lipinski definition) is 5. The molecular formula is C14H14FN3O4. The summed E-state index contributed by atoms with van der Waals surface area (Å²) in [6.45, 7) is 2.01. The summed E-state index contributed by atoms with van der Waals surface area (Å²) < 4.78 is 18.6. The lowest BCUT2D eigenvalue weighted by Gasteiger charge is -2.06. The van der Waals surface area contributed by atoms with E-state index in [-0.39, 0.29) is 11.1 Å². The van der Waals surface area contributed by atoms with Crippen LogP contribution in [-0.4, -0.2) is 33.7 Å². The highest BCUT2D eigenvalue weighted by Gasteiger charge is 2.14. The van der Waals surface area contributed by atoms with Gasteiger partial charge >= 0.3 is 5.97 Å². The molecule has 2 aromatic rings. The van der Waals surface area contributed by atoms with E-state index in [2.05, 4.69) is 15.5 Å². The molecule has 0 spiro atoms. The third-order valence-electron chi connectivity index (χ3n) is 2.88. The average molecular weight is 307 g/mol. The van der Waals surface area contributed by atoms with E-state index in [1.807, 2.05) is 0 Å². The molecule has 0 fully saturated rings. The molecule has 22 heavy (non-hydrogen) atoms. The van der Waals surface area contributed by atoms with Crippen LogP contribution in [0.3, 0.4) is 0 Å². The number of carbonyl (C=O) groups is 2. The van der Waals surface area contributed by atoms with Crippen molar-refractivity contribution in [2.24, 2.45) is 0 Å². The summed E-state index contributed by atoms with van der Waals surface area (Å²) in [5, 5.41) is 14.9. The predicted molar refractivity (Wildman–Crippen MR) is 73.0 cm³/mol. The van der Waals surface area contributed by atoms with Crippen LogP contribution < -0.4 is 5.32 Å². The Hall–Kier alpha value is -2.77. The Labute approximate surface area is 125 Å². The van der Waals surface area contributed by atoms with Gasteiger partial charge in [-0.25, -0.2) is 9.18 Å². The normalized spacial score (nSPS) is 10.5. The fourth-order valence-electron chi connectivity index (χ4n) is 1.81. The zero-order valence-corrected chi connectivity index (χ0v) is 11.8. The molecule has 2 N–H and O–H groups in total. The summed E-state index contributed by atoms with van der Waals surface area (Å²) in [5.41, 5.74) is -0.403. The molecule has 8 heteroatoms. The van der Waals surface area contributed by atoms with Gasteiger partial charge in [0.25, 0.3) is 5.91 Å². The monoisotopic (exact) mass is 307 g/mol. The zero-order valence-electron chi connectivity index (χ0n) is 11.8. The summed E-state index contributed by atoms with van der Waals surface area (Å²) in [4.78, 5) is 26.5. The van der Waals surface area contributed by atoms with Gasteiger partial charge < -0.3 is 14.9 Å². The first-order valence-electron chi connectivity index (χ1n) is 6.57. The minimum absolute atomic E-state index is 0.196. The van der Waals surface area contributed by atoms with Crippen molar-refractivity contribution in [2.45, 2.75) is 19.8 Å². The van der Waals surface area contributed by atoms with Crippen LogP contribution in [0.5, 0.6) is 0 Å². The second-order valence-electron chi connectivity index (χ2n) is 4.59. The Morgan fingerprint density at radius 2 is 2.18 bits per heavy atom. The second kappa shape index (κ2) is 6.79. The van der Waals surface area contributed by atoms with E-state index in [0.29, 0.717) is 31.1 Å². The molecule has 0 bridgehead atoms. The number of carboxylic acid groups (broad SMARTS) is 1. The number of aryl methyl sites for hydroxylation is 2. The van der Waals surface area contributed by atoms with Gasteiger partial charge in [0.2, 0.25) is 5.89 Å². The van der Waals surface area contributed by atoms with E-state index in [0.717, 1.165) is 12.1 Å². The van der Waals surface area contributed by atoms with Gasteiger partial charge in [-0.1, -0.05) is 5.16 Å². The van der Waals surface area contributed by atoms with Crippen LogP contribution in [0.1, 0.15) is 38.9 Å². The molecule has 0 atom stereocenters. The SMILES string of the molecule is Cc1noc(CCCNC(=O)c2ccc(C(=O)O)cc2F)n1. The number of hydrogen-bond donors (Lipinski definition) is 2. The van der Waals surface area contributed by atoms with Crippen LogP contribution in [0.2, 0.25) is 0 Å². The number of nitrogens with one attached hydrogen (secondary N) is 1. The maximum absolute atomic E-state index is 13.7. The Morgan fingerprint density at radius 1 is 1.41 bits per heavy atom. The molecule has 116 valence electrons. The number of benzene rings is 1. The number of rotatable bonds is 6. The highest BCUT2D eigenvalue weighted by atomic mass is 19.1. The standard InChI is InChI=1S/C14H14FN3O4/c1-8-17-12(22-18-8)3-2-6-16-13(19)10-5-4-9(14(20)21)7-11(10)15/h4-5,7H,2-3,6H2,1H3,(H,16,19)(H,20,21). The second-order valence-corrected chi connectivity index (χ2v) is 4.59. The molecule has 0 aliphatic heterocycles. The van der Waals surface area contributed by atoms with Crippen molar-refractivity contribution in [2.75, 3.05) is 6.54 Å². The van der Waals surface area contributed by atoms with Crippen LogP contribution in [0.4, 0.5) is 4.39 Å². The number of aromatic nitrogens is 2. The molecule has 0 radical (unpaired) electrons. The maximum Gasteiger partial charge on any atom is 0.335 e. The summed E-state index contributed by atoms with van der Waals surface area (Å²) in [6, 6.07) is 3.15. The summed E-state index contributed by atoms with van der Waals surface area (Å²) in [6.07, 6.45) is 1.06. The minimum atomic E-state index is -1.25. The van der Waals surface area contributed by atoms with Gasteiger partial charge in [-0.2, -0.15) is 4.98 Å². The summed E-state index contributed by atoms with van der Waals surface area (Å²) >= 11 is 0. The van der Waals surface area contributed by atoms with Gasteiger partial charge in [-0.15, -0.1) is 0 Å². The number of amides is 1. The molecule has 0 aliphatic carbocycles. The highest BCUT2D eigenvalue weighted by molar-refractivity contribution is 5.96. The predicted octanol–water partition coefficient (Wildman–Crippen LogP) is 1.58. The van der Waals surface area contributed by atoms with Gasteiger partial charge in [0, 0.05) is 13.0 Å². The van der Waals surface area contributed by atoms with Gasteiger partial charge in [-0.3, -0.25) is 4.79 Å². The minimum Gasteiger partial charge on any atom is -0.478 e. The molecule has 0 saturated heterocycles. The first kappa shape index (κ1) is 15.6. The van der Waals surface area contributed by atoms with Crippen molar-refractivity contribution in [1.82, 2.24) is 15.5 Å². The molecule has 0 unspecified atom stereocenters. The molecule has 7 nitrogen and oxygen atoms in total. The van der Waals surface area contributed by atoms with Crippen molar-refractivity contribution in [1.29, 1.82) is 0 Å². The van der Waals surface area contributed by atoms with Gasteiger partial charge in [0.05, 0.1) is 11.1 Å². The number of carboxylic acids is 1. The largest absolute Gasteiger partial charge is 0.478 e. The third-order valence-corrected chi connectivity index (χ3v) is 2.88.